The molecule has 15 heterocycles. The molecule has 4 N–H and O–H groups in total. The lowest BCUT2D eigenvalue weighted by Crippen LogP contribution is -3.00. The number of thiophene rings is 6. The Labute approximate surface area is 514 Å². The van der Waals surface area contributed by atoms with Crippen molar-refractivity contribution in [2.45, 2.75) is 147 Å². The number of hydrogen-bond donors (Lipinski definition) is 4. The van der Waals surface area contributed by atoms with Gasteiger partial charge in [-0.3, -0.25) is 9.80 Å². The zero-order valence-corrected chi connectivity index (χ0v) is 53.4. The van der Waals surface area contributed by atoms with E-state index in [4.69, 9.17) is 23.7 Å². The monoisotopic (exact) mass is 1350 g/mol. The number of nitrogens with zero attached hydrogens (tertiary/aromatic N) is 3. The Morgan fingerprint density at radius 3 is 1.06 bits per heavy atom. The SMILES string of the molecule is CBr.CN1C2CC(O)CC1[C@@H]1O[C@H]21.CN1C2CC(OC(=O)C(O)(c3cccs3)c3cccs3)CC1[C@@H]1O[C@H]21.COC(=O)C(O)(c1cccs1)c1cccs1.C[N+]1(C)C2CC(OC(=O)C(O)(c3cccs3)c3cccs3)CC1[C@@H]1O[C@H]21.[Br-]. The maximum atomic E-state index is 13.1. The van der Waals surface area contributed by atoms with Crippen LogP contribution >= 0.6 is 84.0 Å². The number of methoxy groups -OCH3 is 1. The number of aliphatic hydroxyl groups is 4. The van der Waals surface area contributed by atoms with Crippen LogP contribution in [0.3, 0.4) is 0 Å². The van der Waals surface area contributed by atoms with Crippen LogP contribution in [-0.2, 0) is 59.6 Å². The van der Waals surface area contributed by atoms with E-state index in [0.717, 1.165) is 43.0 Å². The number of hydrogen-bond acceptors (Lipinski definition) is 21. The quantitative estimate of drug-likeness (QED) is 0.0468. The highest BCUT2D eigenvalue weighted by Crippen LogP contribution is 2.53. The molecule has 6 aromatic heterocycles. The second-order valence-electron chi connectivity index (χ2n) is 22.2. The first-order valence-corrected chi connectivity index (χ1v) is 33.5. The lowest BCUT2D eigenvalue weighted by molar-refractivity contribution is -0.938. The Morgan fingerprint density at radius 2 is 0.778 bits per heavy atom. The number of morpholine rings is 3. The summed E-state index contributed by atoms with van der Waals surface area (Å²) in [7, 11) is 10.0. The molecule has 15 rings (SSSR count). The van der Waals surface area contributed by atoms with Gasteiger partial charge >= 0.3 is 17.9 Å². The molecule has 0 saturated carbocycles. The van der Waals surface area contributed by atoms with Gasteiger partial charge in [-0.15, -0.1) is 68.0 Å². The van der Waals surface area contributed by atoms with Gasteiger partial charge < -0.3 is 70.3 Å². The average Bonchev–Trinajstić information content (AvgIpc) is 2.18. The molecule has 0 amide bonds. The lowest BCUT2D eigenvalue weighted by Gasteiger charge is -2.45. The van der Waals surface area contributed by atoms with E-state index in [1.165, 1.54) is 75.1 Å². The van der Waals surface area contributed by atoms with Crippen molar-refractivity contribution in [3.8, 4) is 0 Å². The van der Waals surface area contributed by atoms with E-state index in [9.17, 15) is 34.8 Å². The summed E-state index contributed by atoms with van der Waals surface area (Å²) in [5, 5.41) is 53.8. The molecule has 6 aromatic rings. The molecule has 9 saturated heterocycles. The van der Waals surface area contributed by atoms with E-state index in [0.29, 0.717) is 102 Å². The number of likely N-dealkylation sites (N-methyl/N-ethyl adjacent to an activating group) is 3. The zero-order valence-electron chi connectivity index (χ0n) is 45.3. The first-order valence-electron chi connectivity index (χ1n) is 26.7. The van der Waals surface area contributed by atoms with Crippen LogP contribution in [-0.4, -0.2) is 185 Å². The fourth-order valence-corrected chi connectivity index (χ4v) is 18.5. The molecular weight excluding hydrogens is 1290 g/mol. The highest BCUT2D eigenvalue weighted by molar-refractivity contribution is 9.08. The van der Waals surface area contributed by atoms with Crippen molar-refractivity contribution in [1.82, 2.24) is 9.80 Å². The maximum absolute atomic E-state index is 13.1. The van der Waals surface area contributed by atoms with Crippen LogP contribution in [0.25, 0.3) is 0 Å². The highest BCUT2D eigenvalue weighted by Gasteiger charge is 2.71. The summed E-state index contributed by atoms with van der Waals surface area (Å²) in [6.45, 7) is 0. The molecule has 16 nitrogen and oxygen atoms in total. The van der Waals surface area contributed by atoms with Crippen molar-refractivity contribution in [2.24, 2.45) is 0 Å². The molecule has 0 aromatic carbocycles. The van der Waals surface area contributed by atoms with Crippen LogP contribution in [0.5, 0.6) is 0 Å². The number of ether oxygens (including phenoxy) is 6. The molecule has 9 aliphatic heterocycles. The summed E-state index contributed by atoms with van der Waals surface area (Å²) in [6.07, 6.45) is 6.69. The van der Waals surface area contributed by atoms with Crippen molar-refractivity contribution in [2.75, 3.05) is 41.1 Å². The number of epoxide rings is 3. The predicted octanol–water partition coefficient (Wildman–Crippen LogP) is 4.37. The molecule has 81 heavy (non-hydrogen) atoms. The Morgan fingerprint density at radius 1 is 0.506 bits per heavy atom. The topological polar surface area (TPSA) is 204 Å². The number of quaternary nitrogens is 1. The van der Waals surface area contributed by atoms with Crippen molar-refractivity contribution >= 4 is 102 Å². The van der Waals surface area contributed by atoms with Gasteiger partial charge in [0.2, 0.25) is 16.8 Å². The number of piperidine rings is 3. The van der Waals surface area contributed by atoms with Crippen LogP contribution in [0.2, 0.25) is 0 Å². The molecule has 9 unspecified atom stereocenters. The summed E-state index contributed by atoms with van der Waals surface area (Å²) in [6, 6.07) is 23.9. The number of aliphatic hydroxyl groups excluding tert-OH is 1. The molecule has 6 bridgehead atoms. The Hall–Kier alpha value is -2.83. The smallest absolute Gasteiger partial charge is 0.349 e. The third-order valence-corrected chi connectivity index (χ3v) is 23.6. The third-order valence-electron chi connectivity index (χ3n) is 17.7. The van der Waals surface area contributed by atoms with Crippen LogP contribution in [0.15, 0.2) is 105 Å². The van der Waals surface area contributed by atoms with E-state index in [1.54, 1.807) is 48.5 Å². The first kappa shape index (κ1) is 61.3. The maximum Gasteiger partial charge on any atom is 0.349 e. The minimum absolute atomic E-state index is 0. The Bertz CT molecular complexity index is 2860. The van der Waals surface area contributed by atoms with Gasteiger partial charge in [-0.05, 0) is 101 Å². The normalized spacial score (nSPS) is 32.1. The Kier molecular flexibility index (Phi) is 18.5. The lowest BCUT2D eigenvalue weighted by atomic mass is 9.95. The van der Waals surface area contributed by atoms with Crippen molar-refractivity contribution in [1.29, 1.82) is 0 Å². The van der Waals surface area contributed by atoms with Gasteiger partial charge in [-0.2, -0.15) is 0 Å². The fourth-order valence-electron chi connectivity index (χ4n) is 13.3. The standard InChI is InChI=1S/C19H22NO4S2.C18H19NO4S2.C11H10O3S2.C8H13NO2.CH3Br.BrH/c1-20(2)12-9-11(10-13(20)17-16(12)24-17)23-18(21)19(22,14-5-3-7-25-14)15-6-4-8-26-15;1-19-11-8-10(9-12(19)16-15(11)23-16)22-17(20)18(21,13-4-2-6-24-13)14-5-3-7-25-14;1-14-10(12)11(13,8-4-2-6-15-8)9-5-3-7-16-9;1-9-5-2-4(10)3-6(9)8-7(5)11-8;1-2;/h3-8,11-13,16-17,22H,9-10H2,1-2H3;2-7,10-12,15-16,21H,8-9H2,1H3;2-7,13H,1H3;4-8,10H,2-3H2,1H3;1H3;1H/q+1;;;;;/p-1/t11?,12?,13?,16-,17+;10?,11?,12?,15-,16+;;4?,5?,6?,7-,8+;;. The number of fused-ring (bicyclic) bond motifs is 15. The largest absolute Gasteiger partial charge is 1.00 e. The summed E-state index contributed by atoms with van der Waals surface area (Å²) < 4.78 is 34.4. The summed E-state index contributed by atoms with van der Waals surface area (Å²) >= 11 is 11.1. The van der Waals surface area contributed by atoms with Gasteiger partial charge in [-0.25, -0.2) is 14.4 Å². The van der Waals surface area contributed by atoms with Crippen LogP contribution in [0, 0.1) is 0 Å². The molecule has 9 aliphatic rings. The molecule has 0 radical (unpaired) electrons. The van der Waals surface area contributed by atoms with Crippen molar-refractivity contribution in [3.63, 3.8) is 0 Å². The molecule has 0 spiro atoms. The molecular formula is C57H67Br2N3O13S6. The minimum Gasteiger partial charge on any atom is -1.00 e. The second-order valence-corrected chi connectivity index (χ2v) is 27.9. The predicted molar refractivity (Wildman–Crippen MR) is 312 cm³/mol. The van der Waals surface area contributed by atoms with Crippen LogP contribution in [0.4, 0.5) is 0 Å². The number of halogens is 2. The molecule has 24 heteroatoms. The van der Waals surface area contributed by atoms with E-state index in [1.807, 2.05) is 62.4 Å². The summed E-state index contributed by atoms with van der Waals surface area (Å²) in [4.78, 5) is 46.2. The van der Waals surface area contributed by atoms with Crippen molar-refractivity contribution in [3.05, 3.63) is 134 Å². The van der Waals surface area contributed by atoms with Gasteiger partial charge in [0.25, 0.3) is 0 Å². The molecule has 0 aliphatic carbocycles. The van der Waals surface area contributed by atoms with Crippen molar-refractivity contribution < 1.29 is 84.7 Å². The minimum atomic E-state index is -1.72. The van der Waals surface area contributed by atoms with Gasteiger partial charge in [0.1, 0.15) is 60.9 Å². The van der Waals surface area contributed by atoms with E-state index in [2.05, 4.69) is 58.7 Å². The van der Waals surface area contributed by atoms with E-state index < -0.39 is 34.7 Å². The van der Waals surface area contributed by atoms with Crippen LogP contribution < -0.4 is 17.0 Å². The van der Waals surface area contributed by atoms with E-state index >= 15 is 0 Å². The van der Waals surface area contributed by atoms with E-state index in [-0.39, 0.29) is 35.3 Å². The molecule has 438 valence electrons. The first-order chi connectivity index (χ1) is 38.5. The van der Waals surface area contributed by atoms with Gasteiger partial charge in [0, 0.05) is 49.9 Å². The second kappa shape index (κ2) is 24.5. The van der Waals surface area contributed by atoms with Gasteiger partial charge in [0.05, 0.1) is 56.6 Å². The third kappa shape index (κ3) is 11.2. The molecule has 15 atom stereocenters. The summed E-state index contributed by atoms with van der Waals surface area (Å²) in [5.41, 5.74) is -5.11. The number of carbonyl (C=O) groups excluding carboxylic acids is 3. The van der Waals surface area contributed by atoms with Gasteiger partial charge in [-0.1, -0.05) is 52.3 Å². The molecule has 9 fully saturated rings. The Balaban J connectivity index is 0.000000125. The highest BCUT2D eigenvalue weighted by atomic mass is 79.9. The van der Waals surface area contributed by atoms with Gasteiger partial charge in [0.15, 0.2) is 0 Å². The summed E-state index contributed by atoms with van der Waals surface area (Å²) in [5.74, 6) is 0.0273. The zero-order chi connectivity index (χ0) is 56.5. The number of esters is 3. The average molecular weight is 1350 g/mol. The number of alkyl halides is 1. The number of rotatable bonds is 11. The fraction of sp³-hybridized carbons (Fsp3) is 0.526. The van der Waals surface area contributed by atoms with Crippen LogP contribution in [0.1, 0.15) is 67.8 Å². The number of carbonyl (C=O) groups is 3.